The maximum Gasteiger partial charge on any atom is 0.269 e. The van der Waals surface area contributed by atoms with Gasteiger partial charge in [-0.15, -0.1) is 11.8 Å². The van der Waals surface area contributed by atoms with Crippen LogP contribution in [0.3, 0.4) is 0 Å². The van der Waals surface area contributed by atoms with Crippen LogP contribution in [-0.4, -0.2) is 40.4 Å². The van der Waals surface area contributed by atoms with Crippen LogP contribution in [0, 0.1) is 10.1 Å². The van der Waals surface area contributed by atoms with Crippen molar-refractivity contribution in [2.24, 2.45) is 0 Å². The van der Waals surface area contributed by atoms with Gasteiger partial charge in [-0.05, 0) is 12.1 Å². The number of nitro benzene ring substituents is 1. The monoisotopic (exact) mass is 294 g/mol. The van der Waals surface area contributed by atoms with Gasteiger partial charge in [0.1, 0.15) is 5.78 Å². The lowest BCUT2D eigenvalue weighted by atomic mass is 10.1. The van der Waals surface area contributed by atoms with Crippen LogP contribution in [0.2, 0.25) is 0 Å². The van der Waals surface area contributed by atoms with Gasteiger partial charge in [0, 0.05) is 43.0 Å². The summed E-state index contributed by atoms with van der Waals surface area (Å²) >= 11 is 1.34. The number of nitrogens with zero attached hydrogens (tertiary/aromatic N) is 2. The Morgan fingerprint density at radius 2 is 1.85 bits per heavy atom. The van der Waals surface area contributed by atoms with Crippen molar-refractivity contribution < 1.29 is 14.5 Å². The van der Waals surface area contributed by atoms with Gasteiger partial charge >= 0.3 is 0 Å². The first kappa shape index (κ1) is 14.5. The van der Waals surface area contributed by atoms with Crippen molar-refractivity contribution in [2.45, 2.75) is 17.7 Å². The molecule has 7 heteroatoms. The zero-order chi connectivity index (χ0) is 14.5. The minimum Gasteiger partial charge on any atom is -0.341 e. The van der Waals surface area contributed by atoms with Gasteiger partial charge in [-0.3, -0.25) is 19.7 Å². The maximum absolute atomic E-state index is 11.9. The first-order valence-electron chi connectivity index (χ1n) is 6.23. The van der Waals surface area contributed by atoms with Crippen molar-refractivity contribution in [3.05, 3.63) is 34.4 Å². The van der Waals surface area contributed by atoms with Crippen LogP contribution >= 0.6 is 11.8 Å². The number of amides is 1. The second-order valence-electron chi connectivity index (χ2n) is 4.46. The molecule has 1 fully saturated rings. The molecule has 6 nitrogen and oxygen atoms in total. The summed E-state index contributed by atoms with van der Waals surface area (Å²) in [6.07, 6.45) is 0.877. The molecule has 1 aromatic rings. The number of thioether (sulfide) groups is 1. The number of hydrogen-bond acceptors (Lipinski definition) is 5. The lowest BCUT2D eigenvalue weighted by Crippen LogP contribution is -2.39. The van der Waals surface area contributed by atoms with E-state index in [-0.39, 0.29) is 23.1 Å². The smallest absolute Gasteiger partial charge is 0.269 e. The van der Waals surface area contributed by atoms with Crippen molar-refractivity contribution in [2.75, 3.05) is 18.8 Å². The molecule has 2 rings (SSSR count). The molecule has 0 saturated carbocycles. The van der Waals surface area contributed by atoms with Crippen LogP contribution in [-0.2, 0) is 9.59 Å². The Bertz CT molecular complexity index is 520. The van der Waals surface area contributed by atoms with E-state index < -0.39 is 4.92 Å². The van der Waals surface area contributed by atoms with Crippen LogP contribution in [0.15, 0.2) is 29.2 Å². The van der Waals surface area contributed by atoms with Crippen molar-refractivity contribution in [3.63, 3.8) is 0 Å². The average molecular weight is 294 g/mol. The molecule has 0 N–H and O–H groups in total. The van der Waals surface area contributed by atoms with Crippen LogP contribution in [0.25, 0.3) is 0 Å². The fraction of sp³-hybridized carbons (Fsp3) is 0.385. The third kappa shape index (κ3) is 3.80. The largest absolute Gasteiger partial charge is 0.341 e. The predicted octanol–water partition coefficient (Wildman–Crippen LogP) is 1.88. The Balaban J connectivity index is 1.84. The Morgan fingerprint density at radius 3 is 2.40 bits per heavy atom. The molecule has 20 heavy (non-hydrogen) atoms. The van der Waals surface area contributed by atoms with Gasteiger partial charge in [0.15, 0.2) is 0 Å². The molecule has 1 heterocycles. The van der Waals surface area contributed by atoms with E-state index in [1.807, 2.05) is 0 Å². The number of Topliss-reactive ketones (excluding diaryl/α,β-unsaturated/α-hetero) is 1. The van der Waals surface area contributed by atoms with E-state index in [9.17, 15) is 19.7 Å². The minimum atomic E-state index is -0.454. The number of hydrogen-bond donors (Lipinski definition) is 0. The van der Waals surface area contributed by atoms with Crippen molar-refractivity contribution in [3.8, 4) is 0 Å². The summed E-state index contributed by atoms with van der Waals surface area (Å²) in [5.41, 5.74) is 0.0372. The molecular formula is C13H14N2O4S. The predicted molar refractivity (Wildman–Crippen MR) is 74.6 cm³/mol. The van der Waals surface area contributed by atoms with Crippen molar-refractivity contribution in [1.29, 1.82) is 0 Å². The second-order valence-corrected chi connectivity index (χ2v) is 5.51. The second kappa shape index (κ2) is 6.51. The SMILES string of the molecule is O=C1CCN(C(=O)CSc2ccc([N+](=O)[O-])cc2)CC1. The molecule has 0 aromatic heterocycles. The fourth-order valence-corrected chi connectivity index (χ4v) is 2.71. The van der Waals surface area contributed by atoms with Crippen LogP contribution < -0.4 is 0 Å². The van der Waals surface area contributed by atoms with Gasteiger partial charge in [-0.2, -0.15) is 0 Å². The fourth-order valence-electron chi connectivity index (χ4n) is 1.91. The van der Waals surface area contributed by atoms with E-state index in [0.29, 0.717) is 25.9 Å². The molecule has 0 unspecified atom stereocenters. The molecule has 1 aliphatic rings. The first-order valence-corrected chi connectivity index (χ1v) is 7.21. The average Bonchev–Trinajstić information content (AvgIpc) is 2.46. The Hall–Kier alpha value is -1.89. The van der Waals surface area contributed by atoms with Crippen LogP contribution in [0.5, 0.6) is 0 Å². The summed E-state index contributed by atoms with van der Waals surface area (Å²) in [4.78, 5) is 35.6. The summed E-state index contributed by atoms with van der Waals surface area (Å²) in [5, 5.41) is 10.5. The molecule has 1 aromatic carbocycles. The van der Waals surface area contributed by atoms with E-state index in [1.54, 1.807) is 17.0 Å². The summed E-state index contributed by atoms with van der Waals surface area (Å²) in [6.45, 7) is 0.997. The third-order valence-electron chi connectivity index (χ3n) is 3.08. The van der Waals surface area contributed by atoms with Gasteiger partial charge in [-0.25, -0.2) is 0 Å². The minimum absolute atomic E-state index is 0.000790. The van der Waals surface area contributed by atoms with Gasteiger partial charge in [0.05, 0.1) is 10.7 Å². The molecule has 0 spiro atoms. The first-order chi connectivity index (χ1) is 9.56. The van der Waals surface area contributed by atoms with Crippen molar-refractivity contribution >= 4 is 29.1 Å². The number of carbonyl (C=O) groups is 2. The van der Waals surface area contributed by atoms with E-state index in [1.165, 1.54) is 23.9 Å². The van der Waals surface area contributed by atoms with Gasteiger partial charge < -0.3 is 4.90 Å². The van der Waals surface area contributed by atoms with Gasteiger partial charge in [0.2, 0.25) is 5.91 Å². The van der Waals surface area contributed by atoms with Crippen LogP contribution in [0.1, 0.15) is 12.8 Å². The van der Waals surface area contributed by atoms with E-state index in [2.05, 4.69) is 0 Å². The summed E-state index contributed by atoms with van der Waals surface area (Å²) in [5.74, 6) is 0.490. The summed E-state index contributed by atoms with van der Waals surface area (Å²) in [6, 6.07) is 6.12. The number of nitro groups is 1. The molecular weight excluding hydrogens is 280 g/mol. The lowest BCUT2D eigenvalue weighted by molar-refractivity contribution is -0.384. The Morgan fingerprint density at radius 1 is 1.25 bits per heavy atom. The highest BCUT2D eigenvalue weighted by Gasteiger charge is 2.20. The highest BCUT2D eigenvalue weighted by atomic mass is 32.2. The number of piperidine rings is 1. The molecule has 0 radical (unpaired) electrons. The van der Waals surface area contributed by atoms with E-state index in [4.69, 9.17) is 0 Å². The van der Waals surface area contributed by atoms with E-state index >= 15 is 0 Å². The van der Waals surface area contributed by atoms with Crippen LogP contribution in [0.4, 0.5) is 5.69 Å². The number of carbonyl (C=O) groups excluding carboxylic acids is 2. The Labute approximate surface area is 120 Å². The molecule has 1 aliphatic heterocycles. The molecule has 1 saturated heterocycles. The topological polar surface area (TPSA) is 80.5 Å². The third-order valence-corrected chi connectivity index (χ3v) is 4.08. The number of likely N-dealkylation sites (tertiary alicyclic amines) is 1. The summed E-state index contributed by atoms with van der Waals surface area (Å²) in [7, 11) is 0. The highest BCUT2D eigenvalue weighted by Crippen LogP contribution is 2.22. The Kier molecular flexibility index (Phi) is 4.73. The molecule has 0 aliphatic carbocycles. The number of ketones is 1. The number of benzene rings is 1. The normalized spacial score (nSPS) is 15.2. The van der Waals surface area contributed by atoms with E-state index in [0.717, 1.165) is 4.90 Å². The maximum atomic E-state index is 11.9. The summed E-state index contributed by atoms with van der Waals surface area (Å²) < 4.78 is 0. The standard InChI is InChI=1S/C13H14N2O4S/c16-11-5-7-14(8-6-11)13(17)9-20-12-3-1-10(2-4-12)15(18)19/h1-4H,5-9H2. The zero-order valence-corrected chi connectivity index (χ0v) is 11.6. The molecule has 0 bridgehead atoms. The molecule has 106 valence electrons. The highest BCUT2D eigenvalue weighted by molar-refractivity contribution is 8.00. The van der Waals surface area contributed by atoms with Gasteiger partial charge in [0.25, 0.3) is 5.69 Å². The lowest BCUT2D eigenvalue weighted by Gasteiger charge is -2.25. The van der Waals surface area contributed by atoms with Crippen molar-refractivity contribution in [1.82, 2.24) is 4.90 Å². The quantitative estimate of drug-likeness (QED) is 0.481. The molecule has 0 atom stereocenters. The number of rotatable bonds is 4. The van der Waals surface area contributed by atoms with Gasteiger partial charge in [-0.1, -0.05) is 0 Å². The number of non-ortho nitro benzene ring substituents is 1. The zero-order valence-electron chi connectivity index (χ0n) is 10.8. The molecule has 1 amide bonds.